The highest BCUT2D eigenvalue weighted by atomic mass is 79.9. The Morgan fingerprint density at radius 1 is 1.65 bits per heavy atom. The Morgan fingerprint density at radius 2 is 2.40 bits per heavy atom. The molecule has 0 spiro atoms. The van der Waals surface area contributed by atoms with Crippen LogP contribution >= 0.6 is 15.9 Å². The van der Waals surface area contributed by atoms with E-state index in [1.807, 2.05) is 24.3 Å². The van der Waals surface area contributed by atoms with Crippen molar-refractivity contribution >= 4 is 21.9 Å². The molecule has 3 unspecified atom stereocenters. The minimum absolute atomic E-state index is 0.0875. The first-order valence-electron chi connectivity index (χ1n) is 6.58. The Kier molecular flexibility index (Phi) is 5.34. The fourth-order valence-electron chi connectivity index (χ4n) is 2.23. The number of carbonyl (C=O) groups is 1. The van der Waals surface area contributed by atoms with Crippen molar-refractivity contribution in [3.63, 3.8) is 0 Å². The second-order valence-corrected chi connectivity index (χ2v) is 5.62. The standard InChI is InChI=1S/C15H19BrN2O2/c1-3-8-17-13(11-6-4-5-7-12(11)16)9-18-10-14(18)15(19)20-2/h3-7,13-14,17H,1,8-10H2,2H3. The van der Waals surface area contributed by atoms with E-state index in [9.17, 15) is 4.79 Å². The van der Waals surface area contributed by atoms with E-state index in [4.69, 9.17) is 4.74 Å². The van der Waals surface area contributed by atoms with E-state index >= 15 is 0 Å². The molecule has 0 amide bonds. The lowest BCUT2D eigenvalue weighted by Crippen LogP contribution is -2.29. The molecule has 1 aliphatic rings. The van der Waals surface area contributed by atoms with E-state index in [-0.39, 0.29) is 18.1 Å². The Bertz CT molecular complexity index is 493. The summed E-state index contributed by atoms with van der Waals surface area (Å²) in [5.41, 5.74) is 1.19. The zero-order valence-corrected chi connectivity index (χ0v) is 13.1. The summed E-state index contributed by atoms with van der Waals surface area (Å²) in [4.78, 5) is 13.6. The van der Waals surface area contributed by atoms with Crippen molar-refractivity contribution in [2.24, 2.45) is 0 Å². The predicted octanol–water partition coefficient (Wildman–Crippen LogP) is 2.12. The number of hydrogen-bond acceptors (Lipinski definition) is 4. The lowest BCUT2D eigenvalue weighted by Gasteiger charge is -2.20. The lowest BCUT2D eigenvalue weighted by molar-refractivity contribution is -0.140. The molecule has 5 heteroatoms. The van der Waals surface area contributed by atoms with E-state index < -0.39 is 0 Å². The average Bonchev–Trinajstić information content (AvgIpc) is 3.22. The van der Waals surface area contributed by atoms with Crippen LogP contribution in [0.25, 0.3) is 0 Å². The number of hydrogen-bond donors (Lipinski definition) is 1. The summed E-state index contributed by atoms with van der Waals surface area (Å²) in [5, 5.41) is 3.43. The van der Waals surface area contributed by atoms with Gasteiger partial charge >= 0.3 is 5.97 Å². The number of benzene rings is 1. The third-order valence-corrected chi connectivity index (χ3v) is 4.12. The van der Waals surface area contributed by atoms with Crippen LogP contribution < -0.4 is 5.32 Å². The van der Waals surface area contributed by atoms with Crippen LogP contribution in [0.3, 0.4) is 0 Å². The van der Waals surface area contributed by atoms with Crippen LogP contribution in [0.4, 0.5) is 0 Å². The maximum Gasteiger partial charge on any atom is 0.324 e. The molecule has 1 aliphatic heterocycles. The van der Waals surface area contributed by atoms with Crippen LogP contribution in [-0.2, 0) is 9.53 Å². The molecule has 108 valence electrons. The summed E-state index contributed by atoms with van der Waals surface area (Å²) in [6.45, 7) is 6.00. The van der Waals surface area contributed by atoms with Crippen molar-refractivity contribution in [1.82, 2.24) is 10.2 Å². The van der Waals surface area contributed by atoms with Gasteiger partial charge in [-0.2, -0.15) is 0 Å². The fourth-order valence-corrected chi connectivity index (χ4v) is 2.79. The van der Waals surface area contributed by atoms with Gasteiger partial charge in [0.05, 0.1) is 7.11 Å². The molecule has 1 aromatic rings. The van der Waals surface area contributed by atoms with Gasteiger partial charge in [-0.1, -0.05) is 40.2 Å². The molecule has 20 heavy (non-hydrogen) atoms. The van der Waals surface area contributed by atoms with Gasteiger partial charge in [0, 0.05) is 30.1 Å². The van der Waals surface area contributed by atoms with Gasteiger partial charge in [0.15, 0.2) is 0 Å². The summed E-state index contributed by atoms with van der Waals surface area (Å²) >= 11 is 3.58. The molecule has 1 N–H and O–H groups in total. The number of rotatable bonds is 7. The van der Waals surface area contributed by atoms with Gasteiger partial charge < -0.3 is 10.1 Å². The summed E-state index contributed by atoms with van der Waals surface area (Å²) in [7, 11) is 1.43. The zero-order chi connectivity index (χ0) is 14.5. The molecular formula is C15H19BrN2O2. The topological polar surface area (TPSA) is 41.3 Å². The molecule has 0 radical (unpaired) electrons. The van der Waals surface area contributed by atoms with Crippen LogP contribution in [0.2, 0.25) is 0 Å². The van der Waals surface area contributed by atoms with Crippen LogP contribution in [0, 0.1) is 0 Å². The highest BCUT2D eigenvalue weighted by Crippen LogP contribution is 2.28. The van der Waals surface area contributed by atoms with Gasteiger partial charge in [0.25, 0.3) is 0 Å². The summed E-state index contributed by atoms with van der Waals surface area (Å²) < 4.78 is 5.84. The van der Waals surface area contributed by atoms with Crippen molar-refractivity contribution in [2.45, 2.75) is 12.1 Å². The molecule has 0 bridgehead atoms. The molecular weight excluding hydrogens is 320 g/mol. The van der Waals surface area contributed by atoms with Crippen LogP contribution in [0.1, 0.15) is 11.6 Å². The summed E-state index contributed by atoms with van der Waals surface area (Å²) in [6, 6.07) is 8.18. The SMILES string of the molecule is C=CCNC(CN1CC1C(=O)OC)c1ccccc1Br. The number of esters is 1. The van der Waals surface area contributed by atoms with Crippen molar-refractivity contribution in [2.75, 3.05) is 26.7 Å². The van der Waals surface area contributed by atoms with Crippen LogP contribution in [0.15, 0.2) is 41.4 Å². The van der Waals surface area contributed by atoms with Gasteiger partial charge in [-0.05, 0) is 11.6 Å². The van der Waals surface area contributed by atoms with Gasteiger partial charge in [-0.25, -0.2) is 0 Å². The second-order valence-electron chi connectivity index (χ2n) is 4.76. The van der Waals surface area contributed by atoms with Crippen molar-refractivity contribution in [3.8, 4) is 0 Å². The van der Waals surface area contributed by atoms with Crippen LogP contribution in [-0.4, -0.2) is 43.7 Å². The minimum Gasteiger partial charge on any atom is -0.468 e. The maximum atomic E-state index is 11.5. The molecule has 1 fully saturated rings. The maximum absolute atomic E-state index is 11.5. The highest BCUT2D eigenvalue weighted by molar-refractivity contribution is 9.10. The van der Waals surface area contributed by atoms with E-state index in [0.717, 1.165) is 24.1 Å². The molecule has 3 atom stereocenters. The third kappa shape index (κ3) is 3.69. The first-order valence-corrected chi connectivity index (χ1v) is 7.37. The number of nitrogens with one attached hydrogen (secondary N) is 1. The minimum atomic E-state index is -0.153. The number of carbonyl (C=O) groups excluding carboxylic acids is 1. The molecule has 0 saturated carbocycles. The van der Waals surface area contributed by atoms with Gasteiger partial charge in [0.1, 0.15) is 6.04 Å². The second kappa shape index (κ2) is 7.02. The van der Waals surface area contributed by atoms with E-state index in [2.05, 4.69) is 38.8 Å². The Hall–Kier alpha value is -1.17. The Morgan fingerprint density at radius 3 is 3.05 bits per heavy atom. The molecule has 0 aromatic heterocycles. The van der Waals surface area contributed by atoms with Gasteiger partial charge in [0.2, 0.25) is 0 Å². The van der Waals surface area contributed by atoms with Crippen LogP contribution in [0.5, 0.6) is 0 Å². The lowest BCUT2D eigenvalue weighted by atomic mass is 10.1. The Balaban J connectivity index is 2.04. The summed E-state index contributed by atoms with van der Waals surface area (Å²) in [6.07, 6.45) is 1.84. The predicted molar refractivity (Wildman–Crippen MR) is 82.5 cm³/mol. The number of halogens is 1. The van der Waals surface area contributed by atoms with Crippen molar-refractivity contribution in [3.05, 3.63) is 47.0 Å². The van der Waals surface area contributed by atoms with Crippen molar-refractivity contribution < 1.29 is 9.53 Å². The van der Waals surface area contributed by atoms with Crippen molar-refractivity contribution in [1.29, 1.82) is 0 Å². The number of methoxy groups -OCH3 is 1. The van der Waals surface area contributed by atoms with E-state index in [1.165, 1.54) is 12.7 Å². The smallest absolute Gasteiger partial charge is 0.324 e. The van der Waals surface area contributed by atoms with Gasteiger partial charge in [-0.15, -0.1) is 6.58 Å². The molecule has 2 rings (SSSR count). The Labute approximate surface area is 127 Å². The molecule has 1 heterocycles. The molecule has 1 saturated heterocycles. The summed E-state index contributed by atoms with van der Waals surface area (Å²) in [5.74, 6) is -0.153. The monoisotopic (exact) mass is 338 g/mol. The zero-order valence-electron chi connectivity index (χ0n) is 11.5. The first kappa shape index (κ1) is 15.2. The fraction of sp³-hybridized carbons (Fsp3) is 0.400. The molecule has 4 nitrogen and oxygen atoms in total. The molecule has 1 aromatic carbocycles. The normalized spacial score (nSPS) is 22.1. The van der Waals surface area contributed by atoms with E-state index in [1.54, 1.807) is 0 Å². The molecule has 0 aliphatic carbocycles. The van der Waals surface area contributed by atoms with E-state index in [0.29, 0.717) is 0 Å². The quantitative estimate of drug-likeness (QED) is 0.469. The number of ether oxygens (including phenoxy) is 1. The average molecular weight is 339 g/mol. The first-order chi connectivity index (χ1) is 9.67. The highest BCUT2D eigenvalue weighted by Gasteiger charge is 2.42. The largest absolute Gasteiger partial charge is 0.468 e. The number of nitrogens with zero attached hydrogens (tertiary/aromatic N) is 1. The van der Waals surface area contributed by atoms with Gasteiger partial charge in [-0.3, -0.25) is 9.69 Å². The third-order valence-electron chi connectivity index (χ3n) is 3.39.